The zero-order chi connectivity index (χ0) is 14.3. The quantitative estimate of drug-likeness (QED) is 0.636. The molecule has 0 atom stereocenters. The van der Waals surface area contributed by atoms with Gasteiger partial charge in [0.05, 0.1) is 0 Å². The van der Waals surface area contributed by atoms with Gasteiger partial charge in [-0.05, 0) is 25.5 Å². The number of hydrogen-bond donors (Lipinski definition) is 3. The minimum Gasteiger partial charge on any atom is -0.366 e. The van der Waals surface area contributed by atoms with Crippen LogP contribution in [-0.4, -0.2) is 24.4 Å². The van der Waals surface area contributed by atoms with Crippen molar-refractivity contribution in [2.75, 3.05) is 6.54 Å². The summed E-state index contributed by atoms with van der Waals surface area (Å²) in [7, 11) is 0. The molecule has 0 bridgehead atoms. The van der Waals surface area contributed by atoms with E-state index in [1.807, 2.05) is 26.0 Å². The van der Waals surface area contributed by atoms with E-state index < -0.39 is 5.91 Å². The number of benzene rings is 1. The van der Waals surface area contributed by atoms with E-state index in [-0.39, 0.29) is 11.9 Å². The summed E-state index contributed by atoms with van der Waals surface area (Å²) in [5.41, 5.74) is 6.65. The fourth-order valence-corrected chi connectivity index (χ4v) is 1.73. The summed E-state index contributed by atoms with van der Waals surface area (Å²) in [5.74, 6) is -0.416. The minimum absolute atomic E-state index is 0.0192. The molecule has 0 aliphatic heterocycles. The Labute approximate surface area is 113 Å². The monoisotopic (exact) mass is 263 g/mol. The predicted molar refractivity (Wildman–Crippen MR) is 74.6 cm³/mol. The average Bonchev–Trinajstić information content (AvgIpc) is 2.34. The van der Waals surface area contributed by atoms with E-state index in [2.05, 4.69) is 10.6 Å². The summed E-state index contributed by atoms with van der Waals surface area (Å²) in [6.07, 6.45) is 0.414. The largest absolute Gasteiger partial charge is 0.366 e. The van der Waals surface area contributed by atoms with Gasteiger partial charge in [-0.15, -0.1) is 0 Å². The molecule has 0 radical (unpaired) electrons. The normalized spacial score (nSPS) is 10.5. The maximum absolute atomic E-state index is 11.4. The molecule has 0 fully saturated rings. The molecule has 2 amide bonds. The van der Waals surface area contributed by atoms with Crippen LogP contribution in [0.3, 0.4) is 0 Å². The van der Waals surface area contributed by atoms with Crippen LogP contribution in [0.2, 0.25) is 0 Å². The van der Waals surface area contributed by atoms with E-state index >= 15 is 0 Å². The summed E-state index contributed by atoms with van der Waals surface area (Å²) in [4.78, 5) is 22.6. The lowest BCUT2D eigenvalue weighted by Gasteiger charge is -2.10. The second-order valence-electron chi connectivity index (χ2n) is 4.67. The van der Waals surface area contributed by atoms with Crippen LogP contribution in [0.1, 0.15) is 36.2 Å². The van der Waals surface area contributed by atoms with Crippen LogP contribution in [0, 0.1) is 0 Å². The highest BCUT2D eigenvalue weighted by Crippen LogP contribution is 2.07. The first kappa shape index (κ1) is 15.2. The zero-order valence-electron chi connectivity index (χ0n) is 11.4. The van der Waals surface area contributed by atoms with Gasteiger partial charge >= 0.3 is 0 Å². The minimum atomic E-state index is -0.435. The summed E-state index contributed by atoms with van der Waals surface area (Å²) in [5, 5.41) is 5.95. The first-order valence-electron chi connectivity index (χ1n) is 6.38. The highest BCUT2D eigenvalue weighted by atomic mass is 16.2. The number of carbonyl (C=O) groups is 2. The lowest BCUT2D eigenvalue weighted by Crippen LogP contribution is -2.32. The topological polar surface area (TPSA) is 84.2 Å². The zero-order valence-corrected chi connectivity index (χ0v) is 11.4. The molecule has 104 valence electrons. The number of nitrogens with two attached hydrogens (primary N) is 1. The van der Waals surface area contributed by atoms with Gasteiger partial charge in [-0.25, -0.2) is 0 Å². The summed E-state index contributed by atoms with van der Waals surface area (Å²) < 4.78 is 0. The molecule has 0 heterocycles. The Hall–Kier alpha value is -1.88. The number of nitrogens with one attached hydrogen (secondary N) is 2. The average molecular weight is 263 g/mol. The highest BCUT2D eigenvalue weighted by Gasteiger charge is 2.07. The van der Waals surface area contributed by atoms with Crippen LogP contribution in [0.15, 0.2) is 24.3 Å². The first-order valence-corrected chi connectivity index (χ1v) is 6.38. The Morgan fingerprint density at radius 2 is 1.95 bits per heavy atom. The van der Waals surface area contributed by atoms with Crippen molar-refractivity contribution in [3.05, 3.63) is 35.4 Å². The van der Waals surface area contributed by atoms with E-state index in [0.717, 1.165) is 5.56 Å². The lowest BCUT2D eigenvalue weighted by molar-refractivity contribution is -0.121. The molecule has 0 aliphatic rings. The van der Waals surface area contributed by atoms with Gasteiger partial charge in [-0.2, -0.15) is 0 Å². The van der Waals surface area contributed by atoms with E-state index in [1.54, 1.807) is 12.1 Å². The van der Waals surface area contributed by atoms with Crippen LogP contribution < -0.4 is 16.4 Å². The van der Waals surface area contributed by atoms with Crippen molar-refractivity contribution in [3.63, 3.8) is 0 Å². The van der Waals surface area contributed by atoms with Gasteiger partial charge in [0.1, 0.15) is 0 Å². The molecule has 5 nitrogen and oxygen atoms in total. The van der Waals surface area contributed by atoms with Gasteiger partial charge in [0.15, 0.2) is 0 Å². The molecule has 0 saturated carbocycles. The Balaban J connectivity index is 2.38. The Bertz CT molecular complexity index is 444. The van der Waals surface area contributed by atoms with Gasteiger partial charge in [-0.1, -0.05) is 18.2 Å². The van der Waals surface area contributed by atoms with Gasteiger partial charge < -0.3 is 16.4 Å². The van der Waals surface area contributed by atoms with E-state index in [4.69, 9.17) is 5.73 Å². The van der Waals surface area contributed by atoms with Gasteiger partial charge in [0, 0.05) is 31.1 Å². The van der Waals surface area contributed by atoms with E-state index in [0.29, 0.717) is 25.1 Å². The molecule has 1 rings (SSSR count). The molecule has 5 heteroatoms. The molecule has 1 aromatic rings. The van der Waals surface area contributed by atoms with Crippen LogP contribution in [-0.2, 0) is 11.3 Å². The predicted octanol–water partition coefficient (Wildman–Crippen LogP) is 0.790. The Morgan fingerprint density at radius 3 is 2.58 bits per heavy atom. The number of hydrogen-bond acceptors (Lipinski definition) is 3. The van der Waals surface area contributed by atoms with E-state index in [9.17, 15) is 9.59 Å². The summed E-state index contributed by atoms with van der Waals surface area (Å²) in [6.45, 7) is 4.93. The van der Waals surface area contributed by atoms with Crippen LogP contribution in [0.4, 0.5) is 0 Å². The van der Waals surface area contributed by atoms with Crippen molar-refractivity contribution in [1.29, 1.82) is 0 Å². The maximum atomic E-state index is 11.4. The van der Waals surface area contributed by atoms with Gasteiger partial charge in [0.25, 0.3) is 0 Å². The van der Waals surface area contributed by atoms with Crippen molar-refractivity contribution < 1.29 is 9.59 Å². The van der Waals surface area contributed by atoms with Crippen molar-refractivity contribution in [1.82, 2.24) is 10.6 Å². The van der Waals surface area contributed by atoms with Crippen molar-refractivity contribution in [2.24, 2.45) is 5.73 Å². The molecule has 19 heavy (non-hydrogen) atoms. The van der Waals surface area contributed by atoms with Crippen molar-refractivity contribution in [2.45, 2.75) is 32.9 Å². The Kier molecular flexibility index (Phi) is 6.02. The number of rotatable bonds is 7. The standard InChI is InChI=1S/C14H21N3O2/c1-10(2)17-13(18)7-8-16-9-11-5-3-4-6-12(11)14(15)19/h3-6,10,16H,7-9H2,1-2H3,(H2,15,19)(H,17,18). The van der Waals surface area contributed by atoms with Crippen molar-refractivity contribution >= 4 is 11.8 Å². The van der Waals surface area contributed by atoms with Gasteiger partial charge in [-0.3, -0.25) is 9.59 Å². The van der Waals surface area contributed by atoms with Crippen LogP contribution >= 0.6 is 0 Å². The number of carbonyl (C=O) groups excluding carboxylic acids is 2. The third kappa shape index (κ3) is 5.52. The third-order valence-electron chi connectivity index (χ3n) is 2.58. The first-order chi connectivity index (χ1) is 9.00. The number of primary amides is 1. The molecule has 0 unspecified atom stereocenters. The molecule has 1 aromatic carbocycles. The molecular weight excluding hydrogens is 242 g/mol. The third-order valence-corrected chi connectivity index (χ3v) is 2.58. The molecular formula is C14H21N3O2. The Morgan fingerprint density at radius 1 is 1.26 bits per heavy atom. The van der Waals surface area contributed by atoms with Gasteiger partial charge in [0.2, 0.25) is 11.8 Å². The molecule has 4 N–H and O–H groups in total. The number of amides is 2. The molecule has 0 saturated heterocycles. The molecule has 0 aromatic heterocycles. The second-order valence-corrected chi connectivity index (χ2v) is 4.67. The fraction of sp³-hybridized carbons (Fsp3) is 0.429. The second kappa shape index (κ2) is 7.53. The summed E-state index contributed by atoms with van der Waals surface area (Å²) in [6, 6.07) is 7.34. The van der Waals surface area contributed by atoms with Crippen molar-refractivity contribution in [3.8, 4) is 0 Å². The fourth-order valence-electron chi connectivity index (χ4n) is 1.73. The highest BCUT2D eigenvalue weighted by molar-refractivity contribution is 5.94. The van der Waals surface area contributed by atoms with Crippen LogP contribution in [0.25, 0.3) is 0 Å². The van der Waals surface area contributed by atoms with E-state index in [1.165, 1.54) is 0 Å². The van der Waals surface area contributed by atoms with Crippen LogP contribution in [0.5, 0.6) is 0 Å². The smallest absolute Gasteiger partial charge is 0.249 e. The molecule has 0 spiro atoms. The molecule has 0 aliphatic carbocycles. The maximum Gasteiger partial charge on any atom is 0.249 e. The lowest BCUT2D eigenvalue weighted by atomic mass is 10.1. The summed E-state index contributed by atoms with van der Waals surface area (Å²) >= 11 is 0. The SMILES string of the molecule is CC(C)NC(=O)CCNCc1ccccc1C(N)=O.